The number of nitrogen functional groups attached to an aromatic ring is 1. The van der Waals surface area contributed by atoms with E-state index in [0.717, 1.165) is 34.3 Å². The monoisotopic (exact) mass is 295 g/mol. The first-order valence-corrected chi connectivity index (χ1v) is 7.69. The number of anilines is 1. The van der Waals surface area contributed by atoms with Gasteiger partial charge in [-0.25, -0.2) is 4.98 Å². The summed E-state index contributed by atoms with van der Waals surface area (Å²) in [6, 6.07) is 7.72. The third-order valence-electron chi connectivity index (χ3n) is 3.72. The number of carbonyl (C=O) groups is 1. The van der Waals surface area contributed by atoms with E-state index in [4.69, 9.17) is 5.73 Å². The van der Waals surface area contributed by atoms with E-state index in [9.17, 15) is 4.79 Å². The standard InChI is InChI=1S/C16H13N3OS/c17-13-11-5-6-12(10-2-1-7-18-8-10)19-16(11)21-15(13)14(20)9-3-4-9/h1-2,5-9H,3-4,17H2. The number of carbonyl (C=O) groups excluding carboxylic acids is 1. The van der Waals surface area contributed by atoms with Crippen molar-refractivity contribution in [3.63, 3.8) is 0 Å². The maximum Gasteiger partial charge on any atom is 0.178 e. The third kappa shape index (κ3) is 2.10. The molecule has 0 saturated heterocycles. The number of fused-ring (bicyclic) bond motifs is 1. The Balaban J connectivity index is 1.83. The topological polar surface area (TPSA) is 68.9 Å². The second-order valence-corrected chi connectivity index (χ2v) is 6.27. The van der Waals surface area contributed by atoms with Gasteiger partial charge in [0.05, 0.1) is 16.3 Å². The molecule has 3 heterocycles. The van der Waals surface area contributed by atoms with Crippen LogP contribution in [-0.2, 0) is 0 Å². The Hall–Kier alpha value is -2.27. The maximum atomic E-state index is 12.2. The van der Waals surface area contributed by atoms with Crippen molar-refractivity contribution in [2.24, 2.45) is 5.92 Å². The fourth-order valence-corrected chi connectivity index (χ4v) is 3.50. The predicted octanol–water partition coefficient (Wildman–Crippen LogP) is 3.53. The van der Waals surface area contributed by atoms with Crippen LogP contribution < -0.4 is 5.73 Å². The summed E-state index contributed by atoms with van der Waals surface area (Å²) in [5.41, 5.74) is 8.52. The van der Waals surface area contributed by atoms with Gasteiger partial charge in [0.15, 0.2) is 5.78 Å². The highest BCUT2D eigenvalue weighted by Crippen LogP contribution is 2.40. The van der Waals surface area contributed by atoms with Gasteiger partial charge in [-0.2, -0.15) is 0 Å². The minimum Gasteiger partial charge on any atom is -0.397 e. The molecule has 104 valence electrons. The molecule has 0 spiro atoms. The van der Waals surface area contributed by atoms with Gasteiger partial charge in [0, 0.05) is 29.3 Å². The number of nitrogens with two attached hydrogens (primary N) is 1. The number of ketones is 1. The molecule has 21 heavy (non-hydrogen) atoms. The molecule has 0 unspecified atom stereocenters. The van der Waals surface area contributed by atoms with E-state index in [0.29, 0.717) is 10.6 Å². The zero-order valence-corrected chi connectivity index (χ0v) is 12.1. The van der Waals surface area contributed by atoms with Crippen LogP contribution in [0.15, 0.2) is 36.7 Å². The van der Waals surface area contributed by atoms with E-state index >= 15 is 0 Å². The Morgan fingerprint density at radius 2 is 2.14 bits per heavy atom. The van der Waals surface area contributed by atoms with E-state index in [1.54, 1.807) is 12.4 Å². The lowest BCUT2D eigenvalue weighted by Crippen LogP contribution is -2.01. The quantitative estimate of drug-likeness (QED) is 0.750. The number of nitrogens with zero attached hydrogens (tertiary/aromatic N) is 2. The average molecular weight is 295 g/mol. The maximum absolute atomic E-state index is 12.2. The van der Waals surface area contributed by atoms with Crippen molar-refractivity contribution in [2.75, 3.05) is 5.73 Å². The van der Waals surface area contributed by atoms with E-state index in [-0.39, 0.29) is 11.7 Å². The second kappa shape index (κ2) is 4.63. The summed E-state index contributed by atoms with van der Waals surface area (Å²) in [5, 5.41) is 0.872. The molecule has 3 aromatic heterocycles. The van der Waals surface area contributed by atoms with Crippen molar-refractivity contribution in [2.45, 2.75) is 12.8 Å². The van der Waals surface area contributed by atoms with Gasteiger partial charge in [-0.1, -0.05) is 0 Å². The molecule has 0 radical (unpaired) electrons. The average Bonchev–Trinajstić information content (AvgIpc) is 3.32. The Bertz CT molecular complexity index is 837. The number of aromatic nitrogens is 2. The molecule has 1 fully saturated rings. The van der Waals surface area contributed by atoms with E-state index < -0.39 is 0 Å². The molecule has 4 nitrogen and oxygen atoms in total. The molecule has 0 aromatic carbocycles. The Kier molecular flexibility index (Phi) is 2.75. The highest BCUT2D eigenvalue weighted by Gasteiger charge is 2.33. The lowest BCUT2D eigenvalue weighted by atomic mass is 10.1. The summed E-state index contributed by atoms with van der Waals surface area (Å²) < 4.78 is 0. The van der Waals surface area contributed by atoms with Crippen LogP contribution in [0.2, 0.25) is 0 Å². The first kappa shape index (κ1) is 12.5. The molecule has 0 amide bonds. The van der Waals surface area contributed by atoms with Gasteiger partial charge >= 0.3 is 0 Å². The van der Waals surface area contributed by atoms with Gasteiger partial charge in [-0.15, -0.1) is 11.3 Å². The summed E-state index contributed by atoms with van der Waals surface area (Å²) in [4.78, 5) is 22.5. The molecule has 0 atom stereocenters. The number of hydrogen-bond donors (Lipinski definition) is 1. The molecule has 1 saturated carbocycles. The van der Waals surface area contributed by atoms with Crippen LogP contribution in [0.5, 0.6) is 0 Å². The van der Waals surface area contributed by atoms with Gasteiger partial charge in [0.25, 0.3) is 0 Å². The number of thiophene rings is 1. The summed E-state index contributed by atoms with van der Waals surface area (Å²) in [6.45, 7) is 0. The summed E-state index contributed by atoms with van der Waals surface area (Å²) in [5.74, 6) is 0.358. The molecule has 1 aliphatic rings. The van der Waals surface area contributed by atoms with Crippen molar-refractivity contribution in [3.8, 4) is 11.3 Å². The van der Waals surface area contributed by atoms with Crippen molar-refractivity contribution in [1.82, 2.24) is 9.97 Å². The summed E-state index contributed by atoms with van der Waals surface area (Å²) in [7, 11) is 0. The molecule has 5 heteroatoms. The van der Waals surface area contributed by atoms with Crippen molar-refractivity contribution >= 4 is 33.0 Å². The molecule has 0 bridgehead atoms. The van der Waals surface area contributed by atoms with Crippen LogP contribution in [0.4, 0.5) is 5.69 Å². The van der Waals surface area contributed by atoms with Gasteiger partial charge in [-0.3, -0.25) is 9.78 Å². The number of hydrogen-bond acceptors (Lipinski definition) is 5. The van der Waals surface area contributed by atoms with Crippen LogP contribution in [-0.4, -0.2) is 15.8 Å². The number of pyridine rings is 2. The van der Waals surface area contributed by atoms with Crippen LogP contribution in [0, 0.1) is 5.92 Å². The Morgan fingerprint density at radius 3 is 2.86 bits per heavy atom. The van der Waals surface area contributed by atoms with Gasteiger partial charge < -0.3 is 5.73 Å². The van der Waals surface area contributed by atoms with Crippen LogP contribution >= 0.6 is 11.3 Å². The molecular weight excluding hydrogens is 282 g/mol. The molecule has 0 aliphatic heterocycles. The lowest BCUT2D eigenvalue weighted by molar-refractivity contribution is 0.0972. The smallest absolute Gasteiger partial charge is 0.178 e. The van der Waals surface area contributed by atoms with Crippen molar-refractivity contribution in [3.05, 3.63) is 41.5 Å². The zero-order chi connectivity index (χ0) is 14.4. The molecule has 3 aromatic rings. The first-order chi connectivity index (χ1) is 10.2. The zero-order valence-electron chi connectivity index (χ0n) is 11.2. The summed E-state index contributed by atoms with van der Waals surface area (Å²) in [6.07, 6.45) is 5.49. The summed E-state index contributed by atoms with van der Waals surface area (Å²) >= 11 is 1.40. The van der Waals surface area contributed by atoms with Crippen LogP contribution in [0.1, 0.15) is 22.5 Å². The van der Waals surface area contributed by atoms with Crippen molar-refractivity contribution < 1.29 is 4.79 Å². The predicted molar refractivity (Wildman–Crippen MR) is 84.3 cm³/mol. The Morgan fingerprint density at radius 1 is 1.29 bits per heavy atom. The number of rotatable bonds is 3. The lowest BCUT2D eigenvalue weighted by Gasteiger charge is -1.99. The SMILES string of the molecule is Nc1c(C(=O)C2CC2)sc2nc(-c3cccnc3)ccc12. The van der Waals surface area contributed by atoms with Crippen molar-refractivity contribution in [1.29, 1.82) is 0 Å². The largest absolute Gasteiger partial charge is 0.397 e. The normalized spacial score (nSPS) is 14.5. The Labute approximate surface area is 125 Å². The van der Waals surface area contributed by atoms with Gasteiger partial charge in [0.2, 0.25) is 0 Å². The van der Waals surface area contributed by atoms with Crippen LogP contribution in [0.25, 0.3) is 21.5 Å². The third-order valence-corrected chi connectivity index (χ3v) is 4.85. The molecule has 1 aliphatic carbocycles. The highest BCUT2D eigenvalue weighted by molar-refractivity contribution is 7.21. The molecule has 2 N–H and O–H groups in total. The fourth-order valence-electron chi connectivity index (χ4n) is 2.39. The van der Waals surface area contributed by atoms with E-state index in [2.05, 4.69) is 9.97 Å². The van der Waals surface area contributed by atoms with Crippen LogP contribution in [0.3, 0.4) is 0 Å². The highest BCUT2D eigenvalue weighted by atomic mass is 32.1. The first-order valence-electron chi connectivity index (χ1n) is 6.87. The van der Waals surface area contributed by atoms with E-state index in [1.807, 2.05) is 24.3 Å². The van der Waals surface area contributed by atoms with Gasteiger partial charge in [-0.05, 0) is 37.1 Å². The molecule has 4 rings (SSSR count). The van der Waals surface area contributed by atoms with Gasteiger partial charge in [0.1, 0.15) is 4.83 Å². The fraction of sp³-hybridized carbons (Fsp3) is 0.188. The minimum absolute atomic E-state index is 0.179. The van der Waals surface area contributed by atoms with E-state index in [1.165, 1.54) is 11.3 Å². The second-order valence-electron chi connectivity index (χ2n) is 5.27. The molecular formula is C16H13N3OS. The number of Topliss-reactive ketones (excluding diaryl/α,β-unsaturated/α-hetero) is 1. The minimum atomic E-state index is 0.179.